The third-order valence-electron chi connectivity index (χ3n) is 4.79. The van der Waals surface area contributed by atoms with Crippen molar-refractivity contribution in [1.29, 1.82) is 0 Å². The van der Waals surface area contributed by atoms with Crippen molar-refractivity contribution in [2.75, 3.05) is 6.54 Å². The molecule has 22 heavy (non-hydrogen) atoms. The minimum atomic E-state index is 0.133. The highest BCUT2D eigenvalue weighted by Crippen LogP contribution is 2.32. The molecule has 118 valence electrons. The fourth-order valence-electron chi connectivity index (χ4n) is 3.49. The molecule has 3 rings (SSSR count). The molecule has 0 saturated carbocycles. The van der Waals surface area contributed by atoms with Crippen molar-refractivity contribution >= 4 is 16.8 Å². The molecule has 0 aliphatic heterocycles. The maximum atomic E-state index is 12.4. The molecule has 1 aliphatic carbocycles. The van der Waals surface area contributed by atoms with Gasteiger partial charge < -0.3 is 10.3 Å². The number of fused-ring (bicyclic) bond motifs is 3. The summed E-state index contributed by atoms with van der Waals surface area (Å²) in [4.78, 5) is 15.9. The van der Waals surface area contributed by atoms with E-state index < -0.39 is 0 Å². The summed E-state index contributed by atoms with van der Waals surface area (Å²) < 4.78 is 0. The minimum absolute atomic E-state index is 0.133. The van der Waals surface area contributed by atoms with Gasteiger partial charge in [-0.1, -0.05) is 31.4 Å². The highest BCUT2D eigenvalue weighted by molar-refractivity contribution is 5.87. The number of aromatic nitrogens is 1. The second-order valence-corrected chi connectivity index (χ2v) is 6.57. The van der Waals surface area contributed by atoms with E-state index >= 15 is 0 Å². The molecule has 1 aliphatic rings. The van der Waals surface area contributed by atoms with Crippen LogP contribution in [-0.2, 0) is 17.6 Å². The number of rotatable bonds is 5. The molecule has 1 aromatic carbocycles. The molecule has 2 N–H and O–H groups in total. The van der Waals surface area contributed by atoms with E-state index in [1.807, 2.05) is 0 Å². The zero-order valence-electron chi connectivity index (χ0n) is 13.7. The molecule has 1 amide bonds. The molecule has 2 aromatic rings. The maximum absolute atomic E-state index is 12.4. The van der Waals surface area contributed by atoms with E-state index in [-0.39, 0.29) is 11.8 Å². The highest BCUT2D eigenvalue weighted by atomic mass is 16.1. The summed E-state index contributed by atoms with van der Waals surface area (Å²) >= 11 is 0. The Morgan fingerprint density at radius 1 is 1.36 bits per heavy atom. The maximum Gasteiger partial charge on any atom is 0.223 e. The van der Waals surface area contributed by atoms with Crippen LogP contribution in [0.2, 0.25) is 0 Å². The van der Waals surface area contributed by atoms with Crippen molar-refractivity contribution in [2.45, 2.75) is 52.4 Å². The SMILES string of the molecule is CCCCCNC(=O)C1CCc2[nH]c3ccc(C)cc3c2C1. The summed E-state index contributed by atoms with van der Waals surface area (Å²) in [5, 5.41) is 4.42. The van der Waals surface area contributed by atoms with Crippen molar-refractivity contribution < 1.29 is 4.79 Å². The van der Waals surface area contributed by atoms with E-state index in [0.29, 0.717) is 0 Å². The smallest absolute Gasteiger partial charge is 0.223 e. The number of carbonyl (C=O) groups excluding carboxylic acids is 1. The average Bonchev–Trinajstić information content (AvgIpc) is 2.88. The van der Waals surface area contributed by atoms with Gasteiger partial charge in [-0.2, -0.15) is 0 Å². The van der Waals surface area contributed by atoms with Crippen LogP contribution in [0.1, 0.15) is 49.4 Å². The Morgan fingerprint density at radius 3 is 3.05 bits per heavy atom. The van der Waals surface area contributed by atoms with Crippen molar-refractivity contribution in [2.24, 2.45) is 5.92 Å². The lowest BCUT2D eigenvalue weighted by Gasteiger charge is -2.22. The first-order valence-electron chi connectivity index (χ1n) is 8.57. The monoisotopic (exact) mass is 298 g/mol. The first-order valence-corrected chi connectivity index (χ1v) is 8.57. The number of unbranched alkanes of at least 4 members (excludes halogenated alkanes) is 2. The Morgan fingerprint density at radius 2 is 2.23 bits per heavy atom. The van der Waals surface area contributed by atoms with E-state index in [2.05, 4.69) is 42.3 Å². The summed E-state index contributed by atoms with van der Waals surface area (Å²) in [5.41, 5.74) is 5.18. The zero-order chi connectivity index (χ0) is 15.5. The molecule has 0 fully saturated rings. The summed E-state index contributed by atoms with van der Waals surface area (Å²) in [7, 11) is 0. The number of H-pyrrole nitrogens is 1. The fourth-order valence-corrected chi connectivity index (χ4v) is 3.49. The van der Waals surface area contributed by atoms with Gasteiger partial charge in [-0.25, -0.2) is 0 Å². The minimum Gasteiger partial charge on any atom is -0.358 e. The number of nitrogens with one attached hydrogen (secondary N) is 2. The third kappa shape index (κ3) is 3.03. The molecule has 3 nitrogen and oxygen atoms in total. The Balaban J connectivity index is 1.71. The zero-order valence-corrected chi connectivity index (χ0v) is 13.7. The van der Waals surface area contributed by atoms with Crippen LogP contribution < -0.4 is 5.32 Å². The Hall–Kier alpha value is -1.77. The van der Waals surface area contributed by atoms with E-state index in [1.165, 1.54) is 40.6 Å². The van der Waals surface area contributed by atoms with Crippen LogP contribution in [0, 0.1) is 12.8 Å². The van der Waals surface area contributed by atoms with Gasteiger partial charge in [0.25, 0.3) is 0 Å². The van der Waals surface area contributed by atoms with Crippen LogP contribution in [0.4, 0.5) is 0 Å². The predicted molar refractivity (Wildman–Crippen MR) is 91.1 cm³/mol. The van der Waals surface area contributed by atoms with E-state index in [1.54, 1.807) is 0 Å². The van der Waals surface area contributed by atoms with Gasteiger partial charge in [-0.15, -0.1) is 0 Å². The van der Waals surface area contributed by atoms with Crippen molar-refractivity contribution in [3.8, 4) is 0 Å². The number of amides is 1. The molecule has 0 spiro atoms. The number of carbonyl (C=O) groups is 1. The van der Waals surface area contributed by atoms with Crippen LogP contribution in [-0.4, -0.2) is 17.4 Å². The lowest BCUT2D eigenvalue weighted by atomic mass is 9.85. The number of aryl methyl sites for hydroxylation is 2. The van der Waals surface area contributed by atoms with Gasteiger partial charge in [0, 0.05) is 29.1 Å². The first kappa shape index (κ1) is 15.1. The highest BCUT2D eigenvalue weighted by Gasteiger charge is 2.27. The van der Waals surface area contributed by atoms with Crippen LogP contribution in [0.5, 0.6) is 0 Å². The van der Waals surface area contributed by atoms with Crippen LogP contribution in [0.25, 0.3) is 10.9 Å². The summed E-state index contributed by atoms with van der Waals surface area (Å²) in [6.45, 7) is 5.13. The van der Waals surface area contributed by atoms with Crippen LogP contribution >= 0.6 is 0 Å². The molecule has 0 saturated heterocycles. The quantitative estimate of drug-likeness (QED) is 0.808. The molecular formula is C19H26N2O. The Bertz CT molecular complexity index is 671. The third-order valence-corrected chi connectivity index (χ3v) is 4.79. The number of hydrogen-bond acceptors (Lipinski definition) is 1. The summed E-state index contributed by atoms with van der Waals surface area (Å²) in [5.74, 6) is 0.373. The number of benzene rings is 1. The van der Waals surface area contributed by atoms with Gasteiger partial charge in [0.05, 0.1) is 0 Å². The normalized spacial score (nSPS) is 17.5. The van der Waals surface area contributed by atoms with E-state index in [9.17, 15) is 4.79 Å². The van der Waals surface area contributed by atoms with Gasteiger partial charge >= 0.3 is 0 Å². The molecule has 1 aromatic heterocycles. The summed E-state index contributed by atoms with van der Waals surface area (Å²) in [6.07, 6.45) is 6.29. The second-order valence-electron chi connectivity index (χ2n) is 6.57. The van der Waals surface area contributed by atoms with Gasteiger partial charge in [0.1, 0.15) is 0 Å². The van der Waals surface area contributed by atoms with E-state index in [4.69, 9.17) is 0 Å². The van der Waals surface area contributed by atoms with Crippen LogP contribution in [0.3, 0.4) is 0 Å². The molecule has 1 unspecified atom stereocenters. The molecule has 0 bridgehead atoms. The topological polar surface area (TPSA) is 44.9 Å². The van der Waals surface area contributed by atoms with Crippen LogP contribution in [0.15, 0.2) is 18.2 Å². The predicted octanol–water partition coefficient (Wildman–Crippen LogP) is 3.89. The van der Waals surface area contributed by atoms with Gasteiger partial charge in [-0.3, -0.25) is 4.79 Å². The Kier molecular flexibility index (Phi) is 4.51. The first-order chi connectivity index (χ1) is 10.7. The molecule has 3 heteroatoms. The van der Waals surface area contributed by atoms with Crippen molar-refractivity contribution in [1.82, 2.24) is 10.3 Å². The van der Waals surface area contributed by atoms with Gasteiger partial charge in [0.15, 0.2) is 0 Å². The lowest BCUT2D eigenvalue weighted by molar-refractivity contribution is -0.125. The van der Waals surface area contributed by atoms with Crippen molar-refractivity contribution in [3.05, 3.63) is 35.0 Å². The van der Waals surface area contributed by atoms with Gasteiger partial charge in [0.2, 0.25) is 5.91 Å². The molecular weight excluding hydrogens is 272 g/mol. The summed E-state index contributed by atoms with van der Waals surface area (Å²) in [6, 6.07) is 6.54. The molecule has 0 radical (unpaired) electrons. The standard InChI is InChI=1S/C19H26N2O/c1-3-4-5-10-20-19(22)14-7-9-18-16(12-14)15-11-13(2)6-8-17(15)21-18/h6,8,11,14,21H,3-5,7,9-10,12H2,1-2H3,(H,20,22). The molecule has 1 heterocycles. The second kappa shape index (κ2) is 6.55. The number of hydrogen-bond donors (Lipinski definition) is 2. The van der Waals surface area contributed by atoms with Crippen molar-refractivity contribution in [3.63, 3.8) is 0 Å². The van der Waals surface area contributed by atoms with E-state index in [0.717, 1.165) is 32.2 Å². The number of aromatic amines is 1. The average molecular weight is 298 g/mol. The Labute approximate surface area is 132 Å². The molecule has 1 atom stereocenters. The van der Waals surface area contributed by atoms with Gasteiger partial charge in [-0.05, 0) is 50.3 Å². The fraction of sp³-hybridized carbons (Fsp3) is 0.526. The largest absolute Gasteiger partial charge is 0.358 e. The lowest BCUT2D eigenvalue weighted by Crippen LogP contribution is -2.34.